The maximum atomic E-state index is 13.2. The fourth-order valence-electron chi connectivity index (χ4n) is 3.98. The third-order valence-corrected chi connectivity index (χ3v) is 5.68. The summed E-state index contributed by atoms with van der Waals surface area (Å²) < 4.78 is 24.1. The van der Waals surface area contributed by atoms with Crippen molar-refractivity contribution in [1.29, 1.82) is 0 Å². The molecule has 0 spiro atoms. The Labute approximate surface area is 182 Å². The van der Waals surface area contributed by atoms with Gasteiger partial charge in [0.25, 0.3) is 0 Å². The molecular weight excluding hydrogens is 399 g/mol. The summed E-state index contributed by atoms with van der Waals surface area (Å²) in [6.45, 7) is 4.75. The molecule has 1 fully saturated rings. The van der Waals surface area contributed by atoms with E-state index >= 15 is 0 Å². The van der Waals surface area contributed by atoms with Crippen molar-refractivity contribution in [2.75, 3.05) is 27.3 Å². The van der Waals surface area contributed by atoms with Crippen LogP contribution in [0.15, 0.2) is 42.5 Å². The van der Waals surface area contributed by atoms with Crippen LogP contribution in [0.2, 0.25) is 0 Å². The Morgan fingerprint density at radius 3 is 2.42 bits per heavy atom. The van der Waals surface area contributed by atoms with Gasteiger partial charge in [0.15, 0.2) is 0 Å². The number of carbonyl (C=O) groups excluding carboxylic acids is 2. The molecular formula is C24H29FN2O4. The predicted octanol–water partition coefficient (Wildman–Crippen LogP) is 3.36. The van der Waals surface area contributed by atoms with Crippen LogP contribution in [-0.2, 0) is 16.1 Å². The van der Waals surface area contributed by atoms with Crippen molar-refractivity contribution in [1.82, 2.24) is 10.2 Å². The number of hydrogen-bond donors (Lipinski definition) is 1. The summed E-state index contributed by atoms with van der Waals surface area (Å²) in [5.41, 5.74) is 1.64. The van der Waals surface area contributed by atoms with Crippen LogP contribution in [0, 0.1) is 17.7 Å². The van der Waals surface area contributed by atoms with E-state index in [1.165, 1.54) is 12.1 Å². The first kappa shape index (κ1) is 22.6. The number of ether oxygens (including phenoxy) is 2. The molecule has 1 N–H and O–H groups in total. The molecule has 166 valence electrons. The molecule has 7 heteroatoms. The number of carbonyl (C=O) groups is 2. The third kappa shape index (κ3) is 5.16. The van der Waals surface area contributed by atoms with Crippen molar-refractivity contribution in [3.63, 3.8) is 0 Å². The molecule has 0 aliphatic carbocycles. The number of halogens is 1. The van der Waals surface area contributed by atoms with Gasteiger partial charge in [0.1, 0.15) is 17.3 Å². The molecule has 1 saturated heterocycles. The van der Waals surface area contributed by atoms with Crippen molar-refractivity contribution in [3.8, 4) is 11.5 Å². The quantitative estimate of drug-likeness (QED) is 0.734. The van der Waals surface area contributed by atoms with Gasteiger partial charge >= 0.3 is 0 Å². The zero-order valence-corrected chi connectivity index (χ0v) is 18.4. The van der Waals surface area contributed by atoms with E-state index in [2.05, 4.69) is 5.32 Å². The van der Waals surface area contributed by atoms with Gasteiger partial charge in [-0.1, -0.05) is 26.0 Å². The van der Waals surface area contributed by atoms with E-state index in [-0.39, 0.29) is 36.0 Å². The first-order chi connectivity index (χ1) is 14.8. The molecule has 3 rings (SSSR count). The highest BCUT2D eigenvalue weighted by atomic mass is 19.1. The van der Waals surface area contributed by atoms with Crippen LogP contribution in [-0.4, -0.2) is 44.0 Å². The van der Waals surface area contributed by atoms with E-state index in [1.807, 2.05) is 26.0 Å². The molecule has 2 aromatic carbocycles. The Hall–Kier alpha value is -3.09. The van der Waals surface area contributed by atoms with Crippen LogP contribution in [0.5, 0.6) is 11.5 Å². The number of rotatable bonds is 7. The summed E-state index contributed by atoms with van der Waals surface area (Å²) in [6.07, 6.45) is 0. The molecule has 1 aliphatic rings. The Bertz CT molecular complexity index is 930. The third-order valence-electron chi connectivity index (χ3n) is 5.68. The summed E-state index contributed by atoms with van der Waals surface area (Å²) in [6, 6.07) is 11.5. The Morgan fingerprint density at radius 2 is 1.81 bits per heavy atom. The molecule has 1 heterocycles. The average molecular weight is 429 g/mol. The summed E-state index contributed by atoms with van der Waals surface area (Å²) in [5.74, 6) is 0.0211. The van der Waals surface area contributed by atoms with Crippen molar-refractivity contribution < 1.29 is 23.5 Å². The first-order valence-electron chi connectivity index (χ1n) is 10.4. The average Bonchev–Trinajstić information content (AvgIpc) is 3.22. The van der Waals surface area contributed by atoms with E-state index in [4.69, 9.17) is 9.47 Å². The lowest BCUT2D eigenvalue weighted by Gasteiger charge is -2.21. The first-order valence-corrected chi connectivity index (χ1v) is 10.4. The molecule has 2 amide bonds. The lowest BCUT2D eigenvalue weighted by Crippen LogP contribution is -2.36. The lowest BCUT2D eigenvalue weighted by atomic mass is 9.87. The van der Waals surface area contributed by atoms with E-state index in [0.29, 0.717) is 24.6 Å². The van der Waals surface area contributed by atoms with E-state index in [0.717, 1.165) is 11.1 Å². The van der Waals surface area contributed by atoms with Gasteiger partial charge in [-0.05, 0) is 35.9 Å². The molecule has 0 aromatic heterocycles. The van der Waals surface area contributed by atoms with Crippen LogP contribution in [0.4, 0.5) is 4.39 Å². The second kappa shape index (κ2) is 9.81. The number of methoxy groups -OCH3 is 2. The molecule has 1 aliphatic heterocycles. The highest BCUT2D eigenvalue weighted by molar-refractivity contribution is 5.84. The van der Waals surface area contributed by atoms with E-state index in [9.17, 15) is 14.0 Å². The summed E-state index contributed by atoms with van der Waals surface area (Å²) in [7, 11) is 3.17. The van der Waals surface area contributed by atoms with Gasteiger partial charge < -0.3 is 19.7 Å². The molecule has 0 radical (unpaired) electrons. The zero-order valence-electron chi connectivity index (χ0n) is 18.4. The SMILES string of the molecule is COc1ccc(OC)c(C2CN(C(=O)C(C)C)CC2C(=O)NCc2ccc(F)cc2)c1. The smallest absolute Gasteiger partial charge is 0.225 e. The Kier molecular flexibility index (Phi) is 7.15. The number of hydrogen-bond acceptors (Lipinski definition) is 4. The normalized spacial score (nSPS) is 18.2. The van der Waals surface area contributed by atoms with E-state index in [1.54, 1.807) is 37.3 Å². The van der Waals surface area contributed by atoms with Gasteiger partial charge in [0.2, 0.25) is 11.8 Å². The summed E-state index contributed by atoms with van der Waals surface area (Å²) in [4.78, 5) is 27.6. The van der Waals surface area contributed by atoms with Crippen molar-refractivity contribution in [3.05, 3.63) is 59.4 Å². The van der Waals surface area contributed by atoms with Gasteiger partial charge in [-0.3, -0.25) is 9.59 Å². The lowest BCUT2D eigenvalue weighted by molar-refractivity contribution is -0.133. The molecule has 2 aromatic rings. The monoisotopic (exact) mass is 428 g/mol. The van der Waals surface area contributed by atoms with Crippen molar-refractivity contribution >= 4 is 11.8 Å². The van der Waals surface area contributed by atoms with Crippen molar-refractivity contribution in [2.24, 2.45) is 11.8 Å². The van der Waals surface area contributed by atoms with E-state index < -0.39 is 5.92 Å². The number of likely N-dealkylation sites (tertiary alicyclic amines) is 1. The van der Waals surface area contributed by atoms with Gasteiger partial charge in [-0.2, -0.15) is 0 Å². The van der Waals surface area contributed by atoms with Crippen LogP contribution >= 0.6 is 0 Å². The fraction of sp³-hybridized carbons (Fsp3) is 0.417. The van der Waals surface area contributed by atoms with Gasteiger partial charge in [0.05, 0.1) is 20.1 Å². The summed E-state index contributed by atoms with van der Waals surface area (Å²) >= 11 is 0. The minimum atomic E-state index is -0.441. The Balaban J connectivity index is 1.86. The van der Waals surface area contributed by atoms with Crippen molar-refractivity contribution in [2.45, 2.75) is 26.3 Å². The molecule has 2 unspecified atom stereocenters. The maximum absolute atomic E-state index is 13.2. The minimum absolute atomic E-state index is 0.0145. The largest absolute Gasteiger partial charge is 0.497 e. The van der Waals surface area contributed by atoms with Crippen LogP contribution in [0.25, 0.3) is 0 Å². The minimum Gasteiger partial charge on any atom is -0.497 e. The van der Waals surface area contributed by atoms with Gasteiger partial charge in [-0.15, -0.1) is 0 Å². The number of benzene rings is 2. The second-order valence-corrected chi connectivity index (χ2v) is 8.06. The topological polar surface area (TPSA) is 67.9 Å². The number of amides is 2. The highest BCUT2D eigenvalue weighted by Crippen LogP contribution is 2.40. The second-order valence-electron chi connectivity index (χ2n) is 8.06. The maximum Gasteiger partial charge on any atom is 0.225 e. The molecule has 0 bridgehead atoms. The standard InChI is InChI=1S/C24H29FN2O4/c1-15(2)24(29)27-13-20(19-11-18(30-3)9-10-22(19)31-4)21(14-27)23(28)26-12-16-5-7-17(25)8-6-16/h5-11,15,20-21H,12-14H2,1-4H3,(H,26,28). The molecule has 31 heavy (non-hydrogen) atoms. The molecule has 0 saturated carbocycles. The van der Waals surface area contributed by atoms with Crippen LogP contribution in [0.1, 0.15) is 30.9 Å². The summed E-state index contributed by atoms with van der Waals surface area (Å²) in [5, 5.41) is 2.94. The zero-order chi connectivity index (χ0) is 22.5. The number of nitrogens with one attached hydrogen (secondary N) is 1. The molecule has 6 nitrogen and oxygen atoms in total. The fourth-order valence-corrected chi connectivity index (χ4v) is 3.98. The highest BCUT2D eigenvalue weighted by Gasteiger charge is 2.42. The van der Waals surface area contributed by atoms with Gasteiger partial charge in [0, 0.05) is 37.0 Å². The number of nitrogens with zero attached hydrogens (tertiary/aromatic N) is 1. The predicted molar refractivity (Wildman–Crippen MR) is 115 cm³/mol. The van der Waals surface area contributed by atoms with Crippen LogP contribution in [0.3, 0.4) is 0 Å². The van der Waals surface area contributed by atoms with Gasteiger partial charge in [-0.25, -0.2) is 4.39 Å². The van der Waals surface area contributed by atoms with Crippen LogP contribution < -0.4 is 14.8 Å². The molecule has 2 atom stereocenters. The Morgan fingerprint density at radius 1 is 1.10 bits per heavy atom.